The van der Waals surface area contributed by atoms with E-state index in [-0.39, 0.29) is 0 Å². The van der Waals surface area contributed by atoms with E-state index in [9.17, 15) is 0 Å². The highest BCUT2D eigenvalue weighted by atomic mass is 35.5. The monoisotopic (exact) mass is 401 g/mol. The predicted octanol–water partition coefficient (Wildman–Crippen LogP) is 3.74. The molecule has 28 heavy (non-hydrogen) atoms. The van der Waals surface area contributed by atoms with Crippen molar-refractivity contribution < 1.29 is 4.74 Å². The van der Waals surface area contributed by atoms with Crippen LogP contribution in [0.2, 0.25) is 5.02 Å². The summed E-state index contributed by atoms with van der Waals surface area (Å²) in [5, 5.41) is 3.92. The number of hydrogen-bond donors (Lipinski definition) is 1. The summed E-state index contributed by atoms with van der Waals surface area (Å²) >= 11 is 6.30. The molecule has 7 heteroatoms. The van der Waals surface area contributed by atoms with Crippen molar-refractivity contribution >= 4 is 28.9 Å². The number of rotatable bonds is 6. The topological polar surface area (TPSA) is 53.5 Å². The van der Waals surface area contributed by atoms with E-state index >= 15 is 0 Å². The van der Waals surface area contributed by atoms with Crippen LogP contribution < -0.4 is 10.2 Å². The Kier molecular flexibility index (Phi) is 6.29. The molecule has 0 amide bonds. The molecule has 150 valence electrons. The van der Waals surface area contributed by atoms with Gasteiger partial charge in [0.05, 0.1) is 23.0 Å². The Morgan fingerprint density at radius 3 is 2.68 bits per heavy atom. The van der Waals surface area contributed by atoms with Gasteiger partial charge >= 0.3 is 0 Å². The number of aromatic nitrogens is 2. The molecule has 3 heterocycles. The Balaban J connectivity index is 1.37. The minimum absolute atomic E-state index is 0.338. The van der Waals surface area contributed by atoms with Gasteiger partial charge in [0.2, 0.25) is 5.95 Å². The number of piperazine rings is 1. The molecule has 0 unspecified atom stereocenters. The van der Waals surface area contributed by atoms with Crippen LogP contribution in [0.25, 0.3) is 0 Å². The quantitative estimate of drug-likeness (QED) is 0.795. The van der Waals surface area contributed by atoms with Crippen molar-refractivity contribution in [2.45, 2.75) is 31.8 Å². The summed E-state index contributed by atoms with van der Waals surface area (Å²) in [5.74, 6) is 0.582. The predicted molar refractivity (Wildman–Crippen MR) is 114 cm³/mol. The number of benzene rings is 1. The zero-order chi connectivity index (χ0) is 19.3. The van der Waals surface area contributed by atoms with E-state index < -0.39 is 0 Å². The van der Waals surface area contributed by atoms with Crippen LogP contribution >= 0.6 is 11.6 Å². The van der Waals surface area contributed by atoms with Crippen LogP contribution in [0.3, 0.4) is 0 Å². The van der Waals surface area contributed by atoms with Gasteiger partial charge in [-0.05, 0) is 57.0 Å². The van der Waals surface area contributed by atoms with Crippen molar-refractivity contribution in [3.05, 3.63) is 41.2 Å². The van der Waals surface area contributed by atoms with E-state index in [0.29, 0.717) is 17.1 Å². The van der Waals surface area contributed by atoms with Crippen LogP contribution in [0.1, 0.15) is 25.0 Å². The van der Waals surface area contributed by atoms with Gasteiger partial charge in [-0.3, -0.25) is 0 Å². The summed E-state index contributed by atoms with van der Waals surface area (Å²) in [6, 6.07) is 8.47. The largest absolute Gasteiger partial charge is 0.378 e. The second-order valence-electron chi connectivity index (χ2n) is 7.62. The third kappa shape index (κ3) is 4.93. The SMILES string of the molecule is CN1CCN(c2ccc(Nc3ncc(Cl)c(CC[C@@H]4CCCO4)n3)cc2)CC1. The molecule has 0 saturated carbocycles. The van der Waals surface area contributed by atoms with Gasteiger partial charge in [-0.1, -0.05) is 11.6 Å². The van der Waals surface area contributed by atoms with Crippen molar-refractivity contribution in [3.63, 3.8) is 0 Å². The molecule has 2 saturated heterocycles. The molecule has 0 aliphatic carbocycles. The zero-order valence-corrected chi connectivity index (χ0v) is 17.2. The zero-order valence-electron chi connectivity index (χ0n) is 16.4. The van der Waals surface area contributed by atoms with Gasteiger partial charge in [0.15, 0.2) is 0 Å². The molecule has 1 atom stereocenters. The van der Waals surface area contributed by atoms with Crippen LogP contribution in [0.4, 0.5) is 17.3 Å². The van der Waals surface area contributed by atoms with Gasteiger partial charge in [0.1, 0.15) is 0 Å². The number of aryl methyl sites for hydroxylation is 1. The third-order valence-electron chi connectivity index (χ3n) is 5.54. The standard InChI is InChI=1S/C21H28ClN5O/c1-26-10-12-27(13-11-26)17-6-4-16(5-7-17)24-21-23-15-19(22)20(25-21)9-8-18-3-2-14-28-18/h4-7,15,18H,2-3,8-14H2,1H3,(H,23,24,25)/t18-/m0/s1. The van der Waals surface area contributed by atoms with Gasteiger partial charge < -0.3 is 19.9 Å². The molecule has 0 spiro atoms. The average Bonchev–Trinajstić information content (AvgIpc) is 3.23. The first-order chi connectivity index (χ1) is 13.7. The maximum Gasteiger partial charge on any atom is 0.227 e. The minimum atomic E-state index is 0.338. The second kappa shape index (κ2) is 9.07. The Labute approximate surface area is 171 Å². The molecule has 0 radical (unpaired) electrons. The summed E-state index contributed by atoms with van der Waals surface area (Å²) < 4.78 is 5.70. The van der Waals surface area contributed by atoms with Gasteiger partial charge in [-0.2, -0.15) is 0 Å². The normalized spacial score (nSPS) is 20.5. The first-order valence-electron chi connectivity index (χ1n) is 10.1. The number of ether oxygens (including phenoxy) is 1. The summed E-state index contributed by atoms with van der Waals surface area (Å²) in [4.78, 5) is 13.7. The van der Waals surface area contributed by atoms with E-state index in [1.165, 1.54) is 5.69 Å². The minimum Gasteiger partial charge on any atom is -0.378 e. The maximum atomic E-state index is 6.30. The molecular weight excluding hydrogens is 374 g/mol. The summed E-state index contributed by atoms with van der Waals surface area (Å²) in [6.07, 6.45) is 6.07. The molecule has 0 bridgehead atoms. The van der Waals surface area contributed by atoms with Gasteiger partial charge in [0, 0.05) is 44.2 Å². The van der Waals surface area contributed by atoms with Crippen LogP contribution in [-0.2, 0) is 11.2 Å². The molecule has 4 rings (SSSR count). The van der Waals surface area contributed by atoms with Gasteiger partial charge in [-0.25, -0.2) is 9.97 Å². The summed E-state index contributed by atoms with van der Waals surface area (Å²) in [6.45, 7) is 5.22. The molecule has 2 aliphatic heterocycles. The molecule has 2 aromatic rings. The fourth-order valence-electron chi connectivity index (χ4n) is 3.76. The van der Waals surface area contributed by atoms with Gasteiger partial charge in [-0.15, -0.1) is 0 Å². The Morgan fingerprint density at radius 1 is 1.18 bits per heavy atom. The number of halogens is 1. The molecule has 1 N–H and O–H groups in total. The van der Waals surface area contributed by atoms with Crippen LogP contribution in [-0.4, -0.2) is 60.8 Å². The van der Waals surface area contributed by atoms with E-state index in [1.54, 1.807) is 6.20 Å². The van der Waals surface area contributed by atoms with E-state index in [4.69, 9.17) is 16.3 Å². The van der Waals surface area contributed by atoms with Crippen LogP contribution in [0, 0.1) is 0 Å². The number of nitrogens with one attached hydrogen (secondary N) is 1. The number of hydrogen-bond acceptors (Lipinski definition) is 6. The Hall–Kier alpha value is -1.89. The lowest BCUT2D eigenvalue weighted by Crippen LogP contribution is -2.44. The van der Waals surface area contributed by atoms with Crippen molar-refractivity contribution in [2.75, 3.05) is 50.1 Å². The lowest BCUT2D eigenvalue weighted by atomic mass is 10.1. The summed E-state index contributed by atoms with van der Waals surface area (Å²) in [5.41, 5.74) is 3.11. The summed E-state index contributed by atoms with van der Waals surface area (Å²) in [7, 11) is 2.17. The van der Waals surface area contributed by atoms with Crippen molar-refractivity contribution in [1.29, 1.82) is 0 Å². The second-order valence-corrected chi connectivity index (χ2v) is 8.03. The van der Waals surface area contributed by atoms with Crippen molar-refractivity contribution in [1.82, 2.24) is 14.9 Å². The van der Waals surface area contributed by atoms with E-state index in [1.807, 2.05) is 0 Å². The first-order valence-corrected chi connectivity index (χ1v) is 10.5. The van der Waals surface area contributed by atoms with Crippen molar-refractivity contribution in [2.24, 2.45) is 0 Å². The highest BCUT2D eigenvalue weighted by molar-refractivity contribution is 6.31. The molecule has 6 nitrogen and oxygen atoms in total. The smallest absolute Gasteiger partial charge is 0.227 e. The third-order valence-corrected chi connectivity index (χ3v) is 5.85. The lowest BCUT2D eigenvalue weighted by Gasteiger charge is -2.34. The fourth-order valence-corrected chi connectivity index (χ4v) is 3.94. The molecule has 1 aromatic heterocycles. The highest BCUT2D eigenvalue weighted by Gasteiger charge is 2.17. The van der Waals surface area contributed by atoms with Crippen molar-refractivity contribution in [3.8, 4) is 0 Å². The first kappa shape index (κ1) is 19.4. The highest BCUT2D eigenvalue weighted by Crippen LogP contribution is 2.24. The lowest BCUT2D eigenvalue weighted by molar-refractivity contribution is 0.104. The fraction of sp³-hybridized carbons (Fsp3) is 0.524. The molecular formula is C21H28ClN5O. The maximum absolute atomic E-state index is 6.30. The average molecular weight is 402 g/mol. The number of likely N-dealkylation sites (N-methyl/N-ethyl adjacent to an activating group) is 1. The van der Waals surface area contributed by atoms with E-state index in [0.717, 1.165) is 69.9 Å². The molecule has 1 aromatic carbocycles. The number of anilines is 3. The van der Waals surface area contributed by atoms with E-state index in [2.05, 4.69) is 56.4 Å². The number of nitrogens with zero attached hydrogens (tertiary/aromatic N) is 4. The molecule has 2 fully saturated rings. The Bertz CT molecular complexity index is 771. The molecule has 2 aliphatic rings. The van der Waals surface area contributed by atoms with Crippen LogP contribution in [0.15, 0.2) is 30.5 Å². The van der Waals surface area contributed by atoms with Crippen LogP contribution in [0.5, 0.6) is 0 Å². The Morgan fingerprint density at radius 2 is 1.96 bits per heavy atom. The van der Waals surface area contributed by atoms with Gasteiger partial charge in [0.25, 0.3) is 0 Å².